The molecule has 3 saturated carbocycles. The van der Waals surface area contributed by atoms with E-state index in [1.54, 1.807) is 26.4 Å². The molecular formula is C33H42O11. The van der Waals surface area contributed by atoms with E-state index in [1.165, 1.54) is 27.9 Å². The molecule has 1 aromatic heterocycles. The Bertz CT molecular complexity index is 1390. The first kappa shape index (κ1) is 31.9. The van der Waals surface area contributed by atoms with Gasteiger partial charge in [-0.25, -0.2) is 0 Å². The summed E-state index contributed by atoms with van der Waals surface area (Å²) in [4.78, 5) is 64.8. The van der Waals surface area contributed by atoms with E-state index in [4.69, 9.17) is 28.1 Å². The number of hydrogen-bond donors (Lipinski definition) is 0. The summed E-state index contributed by atoms with van der Waals surface area (Å²) in [6, 6.07) is 1.86. The number of methoxy groups -OCH3 is 1. The maximum absolute atomic E-state index is 13.6. The number of Topliss-reactive ketones (excluding diaryl/α,β-unsaturated/α-hetero) is 1. The Morgan fingerprint density at radius 2 is 1.64 bits per heavy atom. The minimum atomic E-state index is -1.24. The third kappa shape index (κ3) is 4.36. The van der Waals surface area contributed by atoms with Crippen molar-refractivity contribution >= 4 is 29.7 Å². The van der Waals surface area contributed by atoms with Gasteiger partial charge in [-0.3, -0.25) is 24.0 Å². The molecule has 3 aliphatic carbocycles. The Morgan fingerprint density at radius 3 is 2.18 bits per heavy atom. The van der Waals surface area contributed by atoms with Gasteiger partial charge in [0, 0.05) is 56.3 Å². The molecule has 1 aliphatic heterocycles. The number of ether oxygens (including phenoxy) is 5. The molecule has 0 N–H and O–H groups in total. The highest BCUT2D eigenvalue weighted by Gasteiger charge is 2.85. The first-order valence-electron chi connectivity index (χ1n) is 15.0. The molecule has 1 aromatic rings. The molecule has 240 valence electrons. The first-order valence-corrected chi connectivity index (χ1v) is 15.0. The van der Waals surface area contributed by atoms with Gasteiger partial charge in [0.25, 0.3) is 0 Å². The van der Waals surface area contributed by atoms with E-state index in [-0.39, 0.29) is 30.6 Å². The maximum Gasteiger partial charge on any atom is 0.305 e. The van der Waals surface area contributed by atoms with E-state index in [0.29, 0.717) is 12.0 Å². The van der Waals surface area contributed by atoms with Crippen LogP contribution in [-0.4, -0.2) is 66.8 Å². The summed E-state index contributed by atoms with van der Waals surface area (Å²) < 4.78 is 35.2. The molecule has 0 aromatic carbocycles. The summed E-state index contributed by atoms with van der Waals surface area (Å²) in [5, 5.41) is 0. The highest BCUT2D eigenvalue weighted by molar-refractivity contribution is 5.87. The highest BCUT2D eigenvalue weighted by atomic mass is 16.6. The van der Waals surface area contributed by atoms with Crippen LogP contribution in [0.4, 0.5) is 0 Å². The summed E-state index contributed by atoms with van der Waals surface area (Å²) in [6.07, 6.45) is -0.0501. The predicted molar refractivity (Wildman–Crippen MR) is 153 cm³/mol. The molecule has 11 heteroatoms. The number of hydrogen-bond acceptors (Lipinski definition) is 11. The van der Waals surface area contributed by atoms with E-state index in [2.05, 4.69) is 6.58 Å². The summed E-state index contributed by atoms with van der Waals surface area (Å²) in [7, 11) is 1.26. The number of ketones is 1. The van der Waals surface area contributed by atoms with Crippen molar-refractivity contribution in [2.24, 2.45) is 28.1 Å². The van der Waals surface area contributed by atoms with Gasteiger partial charge in [-0.1, -0.05) is 34.3 Å². The van der Waals surface area contributed by atoms with Crippen LogP contribution in [0.15, 0.2) is 35.2 Å². The molecule has 1 spiro atoms. The van der Waals surface area contributed by atoms with Crippen LogP contribution in [0, 0.1) is 28.1 Å². The van der Waals surface area contributed by atoms with Crippen LogP contribution in [0.3, 0.4) is 0 Å². The Kier molecular flexibility index (Phi) is 7.67. The number of carbonyl (C=O) groups is 5. The first-order chi connectivity index (χ1) is 20.5. The molecule has 1 saturated heterocycles. The lowest BCUT2D eigenvalue weighted by atomic mass is 9.44. The third-order valence-corrected chi connectivity index (χ3v) is 11.3. The average Bonchev–Trinajstić information content (AvgIpc) is 3.27. The zero-order chi connectivity index (χ0) is 32.6. The lowest BCUT2D eigenvalue weighted by Crippen LogP contribution is -2.69. The Hall–Kier alpha value is -3.47. The van der Waals surface area contributed by atoms with Crippen molar-refractivity contribution in [3.05, 3.63) is 36.3 Å². The lowest BCUT2D eigenvalue weighted by Gasteiger charge is -2.62. The summed E-state index contributed by atoms with van der Waals surface area (Å²) >= 11 is 0. The van der Waals surface area contributed by atoms with Crippen molar-refractivity contribution in [1.29, 1.82) is 0 Å². The predicted octanol–water partition coefficient (Wildman–Crippen LogP) is 4.08. The van der Waals surface area contributed by atoms with Crippen molar-refractivity contribution in [3.63, 3.8) is 0 Å². The SMILES string of the molecule is C=C1[C@H]([C@]2(C)[C@@H](OC(C)=O)CC(=O)C(C)(C)[C@H]2CC(=O)OC)[C@H](OC(C)=O)[C@@H](OC(C)=O)[C@]2(C)[C@@H](c3ccoc3)C[C@@H]3O[C@@]132. The monoisotopic (exact) mass is 614 g/mol. The van der Waals surface area contributed by atoms with Crippen LogP contribution in [-0.2, 0) is 47.7 Å². The Morgan fingerprint density at radius 1 is 1.00 bits per heavy atom. The molecule has 0 bridgehead atoms. The van der Waals surface area contributed by atoms with Gasteiger partial charge in [-0.05, 0) is 29.5 Å². The number of carbonyl (C=O) groups excluding carboxylic acids is 5. The normalized spacial score (nSPS) is 40.3. The van der Waals surface area contributed by atoms with E-state index < -0.39 is 75.9 Å². The van der Waals surface area contributed by atoms with E-state index in [0.717, 1.165) is 5.56 Å². The molecule has 4 fully saturated rings. The Labute approximate surface area is 256 Å². The number of furan rings is 1. The largest absolute Gasteiger partial charge is 0.472 e. The highest BCUT2D eigenvalue weighted by Crippen LogP contribution is 2.77. The second-order valence-corrected chi connectivity index (χ2v) is 13.7. The quantitative estimate of drug-likeness (QED) is 0.189. The van der Waals surface area contributed by atoms with Crippen LogP contribution in [0.5, 0.6) is 0 Å². The van der Waals surface area contributed by atoms with Crippen molar-refractivity contribution < 1.29 is 52.1 Å². The molecule has 44 heavy (non-hydrogen) atoms. The molecule has 10 atom stereocenters. The number of epoxide rings is 1. The molecular weight excluding hydrogens is 572 g/mol. The number of esters is 4. The maximum atomic E-state index is 13.6. The summed E-state index contributed by atoms with van der Waals surface area (Å²) in [5.41, 5.74) is -2.84. The lowest BCUT2D eigenvalue weighted by molar-refractivity contribution is -0.227. The summed E-state index contributed by atoms with van der Waals surface area (Å²) in [5.74, 6) is -4.43. The van der Waals surface area contributed by atoms with Crippen LogP contribution >= 0.6 is 0 Å². The van der Waals surface area contributed by atoms with E-state index in [1.807, 2.05) is 19.9 Å². The van der Waals surface area contributed by atoms with Crippen molar-refractivity contribution in [2.45, 2.75) is 104 Å². The minimum absolute atomic E-state index is 0.137. The van der Waals surface area contributed by atoms with Crippen LogP contribution in [0.25, 0.3) is 0 Å². The van der Waals surface area contributed by atoms with Gasteiger partial charge in [0.2, 0.25) is 0 Å². The second-order valence-electron chi connectivity index (χ2n) is 13.7. The van der Waals surface area contributed by atoms with Gasteiger partial charge in [0.15, 0.2) is 0 Å². The standard InChI is InChI=1S/C33H42O11/c1-16-27(31(7)22(13-26(38)39-9)30(5,6)23(37)14-24(31)41-17(2)34)28(42-18(3)35)29(43-19(4)36)32(8)21(20-10-11-40-15-20)12-25-33(16,32)44-25/h10-11,15,21-22,24-25,27-29H,1,12-14H2,2-9H3/t21-,22-,24+,25+,27+,28+,29-,31+,32+,33+/m1/s1. The average molecular weight is 615 g/mol. The van der Waals surface area contributed by atoms with Crippen LogP contribution in [0.2, 0.25) is 0 Å². The van der Waals surface area contributed by atoms with E-state index in [9.17, 15) is 24.0 Å². The van der Waals surface area contributed by atoms with Gasteiger partial charge in [0.05, 0.1) is 31.2 Å². The molecule has 5 rings (SSSR count). The minimum Gasteiger partial charge on any atom is -0.472 e. The summed E-state index contributed by atoms with van der Waals surface area (Å²) in [6.45, 7) is 15.7. The van der Waals surface area contributed by atoms with Gasteiger partial charge in [-0.15, -0.1) is 0 Å². The fraction of sp³-hybridized carbons (Fsp3) is 0.667. The van der Waals surface area contributed by atoms with Crippen molar-refractivity contribution in [1.82, 2.24) is 0 Å². The molecule has 0 amide bonds. The molecule has 2 heterocycles. The molecule has 11 nitrogen and oxygen atoms in total. The van der Waals surface area contributed by atoms with Gasteiger partial charge < -0.3 is 28.1 Å². The number of rotatable bonds is 7. The molecule has 0 unspecified atom stereocenters. The fourth-order valence-electron chi connectivity index (χ4n) is 9.31. The van der Waals surface area contributed by atoms with Crippen LogP contribution in [0.1, 0.15) is 79.2 Å². The van der Waals surface area contributed by atoms with Gasteiger partial charge >= 0.3 is 23.9 Å². The van der Waals surface area contributed by atoms with Gasteiger partial charge in [-0.2, -0.15) is 0 Å². The molecule has 0 radical (unpaired) electrons. The van der Waals surface area contributed by atoms with Crippen LogP contribution < -0.4 is 0 Å². The van der Waals surface area contributed by atoms with Gasteiger partial charge in [0.1, 0.15) is 29.7 Å². The van der Waals surface area contributed by atoms with Crippen molar-refractivity contribution in [2.75, 3.05) is 7.11 Å². The molecule has 4 aliphatic rings. The zero-order valence-electron chi connectivity index (χ0n) is 26.6. The van der Waals surface area contributed by atoms with E-state index >= 15 is 0 Å². The zero-order valence-corrected chi connectivity index (χ0v) is 26.6. The topological polar surface area (TPSA) is 148 Å². The third-order valence-electron chi connectivity index (χ3n) is 11.3. The Balaban J connectivity index is 1.78. The fourth-order valence-corrected chi connectivity index (χ4v) is 9.31. The second kappa shape index (κ2) is 10.6. The smallest absolute Gasteiger partial charge is 0.305 e. The van der Waals surface area contributed by atoms with Crippen molar-refractivity contribution in [3.8, 4) is 0 Å².